The molecule has 0 fully saturated rings. The molecule has 0 bridgehead atoms. The SMILES string of the molecule is C=C(c1ccc(C(=O)OCC)cc1)c1cc2c(cc1C)C(C)(C)CC=C2C(C)C.C=C(c1ccc(C(=O)OCC)cc1)c1cc2c(cc1C)C(C)(C)CC=C2C(C)C. The number of benzene rings is 4. The summed E-state index contributed by atoms with van der Waals surface area (Å²) < 4.78 is 10.2. The van der Waals surface area contributed by atoms with Crippen LogP contribution in [-0.2, 0) is 20.3 Å². The summed E-state index contributed by atoms with van der Waals surface area (Å²) in [6, 6.07) is 24.4. The molecule has 0 aliphatic heterocycles. The Hall–Kier alpha value is -5.22. The third-order valence-electron chi connectivity index (χ3n) is 11.9. The van der Waals surface area contributed by atoms with Gasteiger partial charge in [0.25, 0.3) is 0 Å². The van der Waals surface area contributed by atoms with Crippen LogP contribution in [0.25, 0.3) is 22.3 Å². The van der Waals surface area contributed by atoms with Crippen LogP contribution < -0.4 is 0 Å². The van der Waals surface area contributed by atoms with E-state index in [1.54, 1.807) is 0 Å². The van der Waals surface area contributed by atoms with Crippen molar-refractivity contribution in [3.8, 4) is 0 Å². The van der Waals surface area contributed by atoms with Gasteiger partial charge in [-0.25, -0.2) is 9.59 Å². The maximum absolute atomic E-state index is 11.9. The number of hydrogen-bond donors (Lipinski definition) is 0. The Morgan fingerprint density at radius 3 is 1.17 bits per heavy atom. The maximum atomic E-state index is 11.9. The molecule has 4 aromatic rings. The standard InChI is InChI=1S/2C27H32O2/c2*1-8-29-26(28)21-11-9-20(10-12-21)19(5)23-16-24-22(17(2)3)13-14-27(6,7)25(24)15-18(23)4/h2*9-13,15-17H,5,8,14H2,1-4,6-7H3. The summed E-state index contributed by atoms with van der Waals surface area (Å²) >= 11 is 0. The molecule has 0 saturated heterocycles. The molecule has 4 heteroatoms. The van der Waals surface area contributed by atoms with Gasteiger partial charge in [-0.05, 0) is 178 Å². The fraction of sp³-hybridized carbons (Fsp3) is 0.370. The molecule has 6 rings (SSSR count). The lowest BCUT2D eigenvalue weighted by Gasteiger charge is -2.34. The first-order chi connectivity index (χ1) is 27.3. The minimum absolute atomic E-state index is 0.139. The first-order valence-electron chi connectivity index (χ1n) is 21.0. The summed E-state index contributed by atoms with van der Waals surface area (Å²) in [5.41, 5.74) is 18.6. The maximum Gasteiger partial charge on any atom is 0.338 e. The van der Waals surface area contributed by atoms with Crippen LogP contribution in [0, 0.1) is 25.7 Å². The average Bonchev–Trinajstić information content (AvgIpc) is 3.18. The highest BCUT2D eigenvalue weighted by molar-refractivity contribution is 5.92. The van der Waals surface area contributed by atoms with E-state index in [0.717, 1.165) is 46.2 Å². The lowest BCUT2D eigenvalue weighted by atomic mass is 9.70. The first-order valence-corrected chi connectivity index (χ1v) is 21.0. The van der Waals surface area contributed by atoms with Crippen molar-refractivity contribution in [2.75, 3.05) is 13.2 Å². The Morgan fingerprint density at radius 1 is 0.569 bits per heavy atom. The van der Waals surface area contributed by atoms with Crippen LogP contribution in [0.2, 0.25) is 0 Å². The lowest BCUT2D eigenvalue weighted by Crippen LogP contribution is -2.23. The number of fused-ring (bicyclic) bond motifs is 2. The molecule has 304 valence electrons. The molecule has 0 saturated carbocycles. The first kappa shape index (κ1) is 43.9. The molecule has 0 N–H and O–H groups in total. The van der Waals surface area contributed by atoms with Gasteiger partial charge in [-0.1, -0.05) is 117 Å². The molecule has 0 spiro atoms. The van der Waals surface area contributed by atoms with Gasteiger partial charge in [-0.3, -0.25) is 0 Å². The van der Waals surface area contributed by atoms with Crippen LogP contribution in [-0.4, -0.2) is 25.2 Å². The lowest BCUT2D eigenvalue weighted by molar-refractivity contribution is 0.0516. The van der Waals surface area contributed by atoms with Gasteiger partial charge < -0.3 is 9.47 Å². The molecule has 2 aliphatic rings. The van der Waals surface area contributed by atoms with Gasteiger partial charge in [0.15, 0.2) is 0 Å². The minimum atomic E-state index is -0.288. The third kappa shape index (κ3) is 9.23. The van der Waals surface area contributed by atoms with E-state index in [1.807, 2.05) is 62.4 Å². The van der Waals surface area contributed by atoms with Crippen molar-refractivity contribution < 1.29 is 19.1 Å². The Bertz CT molecular complexity index is 2110. The van der Waals surface area contributed by atoms with E-state index in [0.29, 0.717) is 36.2 Å². The van der Waals surface area contributed by atoms with Crippen LogP contribution in [0.15, 0.2) is 98.1 Å². The summed E-state index contributed by atoms with van der Waals surface area (Å²) in [6.45, 7) is 35.8. The van der Waals surface area contributed by atoms with Crippen molar-refractivity contribution in [3.05, 3.63) is 165 Å². The van der Waals surface area contributed by atoms with Gasteiger partial charge in [-0.15, -0.1) is 0 Å². The number of rotatable bonds is 10. The molecule has 4 aromatic carbocycles. The van der Waals surface area contributed by atoms with Crippen molar-refractivity contribution in [2.45, 2.75) is 107 Å². The number of ether oxygens (including phenoxy) is 2. The summed E-state index contributed by atoms with van der Waals surface area (Å²) in [5, 5.41) is 0. The normalized spacial score (nSPS) is 14.9. The zero-order chi connectivity index (χ0) is 42.7. The van der Waals surface area contributed by atoms with E-state index >= 15 is 0 Å². The van der Waals surface area contributed by atoms with E-state index < -0.39 is 0 Å². The monoisotopic (exact) mass is 776 g/mol. The van der Waals surface area contributed by atoms with E-state index in [1.165, 1.54) is 44.5 Å². The highest BCUT2D eigenvalue weighted by Gasteiger charge is 2.31. The Balaban J connectivity index is 0.000000221. The van der Waals surface area contributed by atoms with Crippen molar-refractivity contribution in [3.63, 3.8) is 0 Å². The van der Waals surface area contributed by atoms with Gasteiger partial charge in [0.05, 0.1) is 24.3 Å². The van der Waals surface area contributed by atoms with E-state index in [9.17, 15) is 9.59 Å². The van der Waals surface area contributed by atoms with Gasteiger partial charge >= 0.3 is 11.9 Å². The molecular weight excluding hydrogens is 713 g/mol. The minimum Gasteiger partial charge on any atom is -0.462 e. The third-order valence-corrected chi connectivity index (χ3v) is 11.9. The van der Waals surface area contributed by atoms with E-state index in [4.69, 9.17) is 9.47 Å². The van der Waals surface area contributed by atoms with Crippen LogP contribution >= 0.6 is 0 Å². The predicted molar refractivity (Wildman–Crippen MR) is 244 cm³/mol. The zero-order valence-electron chi connectivity index (χ0n) is 37.1. The molecule has 58 heavy (non-hydrogen) atoms. The molecule has 0 atom stereocenters. The second-order valence-electron chi connectivity index (χ2n) is 17.8. The summed E-state index contributed by atoms with van der Waals surface area (Å²) in [6.07, 6.45) is 6.96. The van der Waals surface area contributed by atoms with Crippen LogP contribution in [0.3, 0.4) is 0 Å². The van der Waals surface area contributed by atoms with Gasteiger partial charge in [0, 0.05) is 0 Å². The van der Waals surface area contributed by atoms with Crippen molar-refractivity contribution in [2.24, 2.45) is 11.8 Å². The van der Waals surface area contributed by atoms with Gasteiger partial charge in [-0.2, -0.15) is 0 Å². The molecule has 0 heterocycles. The topological polar surface area (TPSA) is 52.6 Å². The number of esters is 2. The summed E-state index contributed by atoms with van der Waals surface area (Å²) in [7, 11) is 0. The van der Waals surface area contributed by atoms with Gasteiger partial charge in [0.1, 0.15) is 0 Å². The summed E-state index contributed by atoms with van der Waals surface area (Å²) in [5.74, 6) is 0.391. The molecule has 0 amide bonds. The molecule has 0 aromatic heterocycles. The van der Waals surface area contributed by atoms with Crippen molar-refractivity contribution in [1.82, 2.24) is 0 Å². The summed E-state index contributed by atoms with van der Waals surface area (Å²) in [4.78, 5) is 23.8. The largest absolute Gasteiger partial charge is 0.462 e. The van der Waals surface area contributed by atoms with Gasteiger partial charge in [0.2, 0.25) is 0 Å². The van der Waals surface area contributed by atoms with Crippen LogP contribution in [0.4, 0.5) is 0 Å². The molecular formula is C54H64O4. The van der Waals surface area contributed by atoms with Crippen molar-refractivity contribution in [1.29, 1.82) is 0 Å². The number of aryl methyl sites for hydroxylation is 2. The second-order valence-corrected chi connectivity index (χ2v) is 17.8. The number of hydrogen-bond acceptors (Lipinski definition) is 4. The fourth-order valence-corrected chi connectivity index (χ4v) is 8.28. The Morgan fingerprint density at radius 2 is 0.879 bits per heavy atom. The molecule has 2 aliphatic carbocycles. The van der Waals surface area contributed by atoms with Crippen LogP contribution in [0.5, 0.6) is 0 Å². The molecule has 4 nitrogen and oxygen atoms in total. The fourth-order valence-electron chi connectivity index (χ4n) is 8.28. The molecule has 0 unspecified atom stereocenters. The molecule has 0 radical (unpaired) electrons. The highest BCUT2D eigenvalue weighted by Crippen LogP contribution is 2.45. The number of carbonyl (C=O) groups is 2. The Kier molecular flexibility index (Phi) is 13.4. The van der Waals surface area contributed by atoms with Crippen LogP contribution in [0.1, 0.15) is 158 Å². The predicted octanol–water partition coefficient (Wildman–Crippen LogP) is 13.9. The zero-order valence-corrected chi connectivity index (χ0v) is 37.1. The smallest absolute Gasteiger partial charge is 0.338 e. The van der Waals surface area contributed by atoms with E-state index in [2.05, 4.69) is 119 Å². The highest BCUT2D eigenvalue weighted by atomic mass is 16.5. The quantitative estimate of drug-likeness (QED) is 0.151. The Labute approximate surface area is 348 Å². The number of carbonyl (C=O) groups excluding carboxylic acids is 2. The average molecular weight is 777 g/mol. The van der Waals surface area contributed by atoms with E-state index in [-0.39, 0.29) is 22.8 Å². The second kappa shape index (κ2) is 17.7. The number of allylic oxidation sites excluding steroid dienone is 4. The van der Waals surface area contributed by atoms with Crippen molar-refractivity contribution >= 4 is 34.2 Å².